The van der Waals surface area contributed by atoms with Gasteiger partial charge in [-0.2, -0.15) is 8.42 Å². The second-order valence-corrected chi connectivity index (χ2v) is 29.8. The van der Waals surface area contributed by atoms with Gasteiger partial charge in [0.15, 0.2) is 0 Å². The van der Waals surface area contributed by atoms with Crippen LogP contribution in [0.25, 0.3) is 0 Å². The van der Waals surface area contributed by atoms with Gasteiger partial charge in [0.25, 0.3) is 41.9 Å². The Bertz CT molecular complexity index is 3550. The molecule has 8 N–H and O–H groups in total. The minimum absolute atomic E-state index is 0. The summed E-state index contributed by atoms with van der Waals surface area (Å²) in [5, 5.41) is 77.1. The predicted octanol–water partition coefficient (Wildman–Crippen LogP) is 7.93. The van der Waals surface area contributed by atoms with Gasteiger partial charge in [0.2, 0.25) is 0 Å². The number of epoxide rings is 3. The number of hydrogen-bond donors (Lipinski definition) is 7. The molecule has 0 radical (unpaired) electrons. The van der Waals surface area contributed by atoms with Crippen molar-refractivity contribution in [2.75, 3.05) is 160 Å². The van der Waals surface area contributed by atoms with E-state index in [0.29, 0.717) is 32.3 Å². The van der Waals surface area contributed by atoms with Crippen molar-refractivity contribution in [3.63, 3.8) is 0 Å². The second kappa shape index (κ2) is 61.8. The quantitative estimate of drug-likeness (QED) is 0.0137. The van der Waals surface area contributed by atoms with Crippen LogP contribution in [0.2, 0.25) is 0 Å². The summed E-state index contributed by atoms with van der Waals surface area (Å²) >= 11 is 4.92. The topological polar surface area (TPSA) is 496 Å². The molecule has 11 rings (SSSR count). The number of nitrogens with zero attached hydrogens (tertiary/aromatic N) is 9. The second-order valence-electron chi connectivity index (χ2n) is 25.4. The van der Waals surface area contributed by atoms with Gasteiger partial charge in [0.05, 0.1) is 75.9 Å². The number of nitrogens with two attached hydrogens (primary N) is 1. The fourth-order valence-corrected chi connectivity index (χ4v) is 11.3. The first kappa shape index (κ1) is 109. The van der Waals surface area contributed by atoms with Crippen molar-refractivity contribution in [3.8, 4) is 11.5 Å². The summed E-state index contributed by atoms with van der Waals surface area (Å²) in [5.41, 5.74) is 3.62. The van der Waals surface area contributed by atoms with E-state index >= 15 is 0 Å². The maximum Gasteiger partial charge on any atom is 0.414 e. The van der Waals surface area contributed by atoms with Crippen molar-refractivity contribution in [2.45, 2.75) is 117 Å². The number of piperidine rings is 4. The molecule has 112 heavy (non-hydrogen) atoms. The average Bonchev–Trinajstić information content (AvgIpc) is 1.77. The minimum Gasteiger partial charge on any atom is -0.414 e. The zero-order valence-corrected chi connectivity index (χ0v) is 75.6. The zero-order valence-electron chi connectivity index (χ0n) is 63.7. The van der Waals surface area contributed by atoms with Crippen molar-refractivity contribution in [1.82, 2.24) is 40.4 Å². The summed E-state index contributed by atoms with van der Waals surface area (Å²) in [5.74, 6) is 0.449. The molecule has 5 unspecified atom stereocenters. The van der Waals surface area contributed by atoms with Crippen molar-refractivity contribution in [2.24, 2.45) is 5.73 Å². The summed E-state index contributed by atoms with van der Waals surface area (Å²) in [6, 6.07) is 19.4. The first-order valence-corrected chi connectivity index (χ1v) is 39.3. The van der Waals surface area contributed by atoms with Crippen LogP contribution < -0.4 is 31.2 Å². The van der Waals surface area contributed by atoms with Crippen molar-refractivity contribution < 1.29 is 163 Å². The van der Waals surface area contributed by atoms with Crippen LogP contribution in [0.15, 0.2) is 107 Å². The molecule has 7 fully saturated rings. The molecule has 4 aromatic carbocycles. The molecule has 3 amide bonds. The van der Waals surface area contributed by atoms with E-state index < -0.39 is 56.5 Å². The van der Waals surface area contributed by atoms with E-state index in [4.69, 9.17) is 51.5 Å². The number of rotatable bonds is 21. The smallest absolute Gasteiger partial charge is 0.414 e. The molecule has 0 bridgehead atoms. The number of non-ortho nitro benzene ring substituents is 4. The molecule has 640 valence electrons. The number of urea groups is 1. The summed E-state index contributed by atoms with van der Waals surface area (Å²) in [4.78, 5) is 80.8. The number of halogens is 2. The van der Waals surface area contributed by atoms with Gasteiger partial charge < -0.3 is 85.2 Å². The molecule has 7 saturated heterocycles. The molecule has 7 aliphatic heterocycles. The Morgan fingerprint density at radius 2 is 0.973 bits per heavy atom. The van der Waals surface area contributed by atoms with Crippen LogP contribution in [0.1, 0.15) is 82.8 Å². The maximum atomic E-state index is 11.6. The Labute approximate surface area is 712 Å². The molecule has 44 heteroatoms. The Hall–Kier alpha value is -5.49. The van der Waals surface area contributed by atoms with Gasteiger partial charge in [-0.25, -0.2) is 22.8 Å². The molecular weight excluding hydrogens is 2070 g/mol. The van der Waals surface area contributed by atoms with Crippen molar-refractivity contribution in [1.29, 1.82) is 0 Å². The molecule has 4 aromatic rings. The van der Waals surface area contributed by atoms with Gasteiger partial charge in [-0.05, 0) is 154 Å². The molecule has 0 aliphatic carbocycles. The van der Waals surface area contributed by atoms with E-state index in [-0.39, 0.29) is 150 Å². The Morgan fingerprint density at radius 3 is 1.30 bits per heavy atom. The van der Waals surface area contributed by atoms with E-state index in [1.54, 1.807) is 28.2 Å². The average molecular weight is 2190 g/mol. The third-order valence-electron chi connectivity index (χ3n) is 15.4. The Kier molecular flexibility index (Phi) is 59.9. The summed E-state index contributed by atoms with van der Waals surface area (Å²) in [6.07, 6.45) is 15.3. The fourth-order valence-electron chi connectivity index (χ4n) is 9.42. The summed E-state index contributed by atoms with van der Waals surface area (Å²) in [7, 11) is 7.36. The first-order chi connectivity index (χ1) is 51.7. The van der Waals surface area contributed by atoms with Gasteiger partial charge in [-0.1, -0.05) is 37.8 Å². The molecule has 7 aliphatic rings. The predicted molar refractivity (Wildman–Crippen MR) is 416 cm³/mol. The molecule has 0 aromatic heterocycles. The number of nitrogens with one attached hydrogen (secondary N) is 3. The van der Waals surface area contributed by atoms with Crippen LogP contribution in [0.3, 0.4) is 0 Å². The number of carbonyl (C=O) groups is 3. The number of aliphatic hydroxyl groups excluding tert-OH is 3. The Morgan fingerprint density at radius 1 is 0.589 bits per heavy atom. The summed E-state index contributed by atoms with van der Waals surface area (Å²) < 4.78 is 73.4. The normalized spacial score (nSPS) is 17.6. The largest absolute Gasteiger partial charge is 0.414 e. The molecule has 37 nitrogen and oxygen atoms in total. The number of aliphatic hydroxyl groups is 3. The van der Waals surface area contributed by atoms with E-state index in [0.717, 1.165) is 58.1 Å². The molecular formula is C68H115Cl2N13O24S2W3. The number of likely N-dealkylation sites (tertiary alicyclic amines) is 3. The van der Waals surface area contributed by atoms with Gasteiger partial charge in [0.1, 0.15) is 28.6 Å². The van der Waals surface area contributed by atoms with E-state index in [1.807, 2.05) is 14.1 Å². The SMILES string of the molecule is C1CCN(CC2CO2)CC1.C1CCNCC1.CN(C)C(=O)NCC(O)CN1CCCCC1.CN(C)C(=O)Oc1ccc([N+](=O)[O-])cc1.CNC.NCC(O)CN1CCCCC1.O=C(Cl)Oc1ccc([N+](=O)[O-])cc1.O=[N+]([O-])c1cccc(S(=O)(=O)Cl)c1.O=[N+]([O-])c1cccc(S(=O)(=O)OCC2CO2)c1.OCC1CO1.[3HH].[3HH].[3HH].[3HH].[W].[W].[W]. The van der Waals surface area contributed by atoms with Crippen LogP contribution in [0.5, 0.6) is 11.5 Å². The third-order valence-corrected chi connectivity index (χ3v) is 18.1. The Balaban J connectivity index is -0.000000294. The maximum absolute atomic E-state index is 11.6. The molecule has 0 spiro atoms. The number of benzene rings is 4. The molecule has 5 atom stereocenters. The fraction of sp³-hybridized carbons (Fsp3) is 0.603. The van der Waals surface area contributed by atoms with Crippen LogP contribution in [-0.2, 0) is 101 Å². The van der Waals surface area contributed by atoms with Gasteiger partial charge in [0, 0.05) is 201 Å². The van der Waals surface area contributed by atoms with Gasteiger partial charge >= 0.3 is 17.6 Å². The van der Waals surface area contributed by atoms with Crippen LogP contribution in [0, 0.1) is 40.5 Å². The number of hydrogen-bond acceptors (Lipinski definition) is 30. The van der Waals surface area contributed by atoms with Crippen LogP contribution in [0.4, 0.5) is 37.1 Å². The van der Waals surface area contributed by atoms with E-state index in [2.05, 4.69) is 40.1 Å². The number of β-amino-alcohol motifs (C(OH)–C–C–N with tert-alkyl or cyclic N) is 2. The number of nitro groups is 4. The molecule has 7 heterocycles. The monoisotopic (exact) mass is 2190 g/mol. The number of amides is 3. The van der Waals surface area contributed by atoms with Gasteiger partial charge in [-0.15, -0.1) is 0 Å². The number of carbonyl (C=O) groups excluding carboxylic acids is 3. The van der Waals surface area contributed by atoms with Crippen LogP contribution >= 0.6 is 22.3 Å². The summed E-state index contributed by atoms with van der Waals surface area (Å²) in [6.45, 7) is 15.2. The number of nitro benzene ring substituents is 4. The standard InChI is InChI=1S/C11H23N3O2.C9H10N2O4.C9H9NO6S.C8H18N2O.C8H15NO.C7H4ClNO4.C6H4ClNO4S.C5H11N.C3H6O2.C2H7N.3W.4H2/c1-13(2)11(16)12-8-10(15)9-14-6-4-3-5-7-14;1-10(2)9(12)15-8-5-3-7(4-6-8)11(13)14;11-10(12)7-2-1-3-9(4-7)17(13,14)16-6-8-5-15-8;9-6-8(11)7-10-4-2-1-3-5-10;1-2-4-9(5-3-1)6-8-7-10-8;8-7(10)13-6-3-1-5(2-4-6)9(11)12;7-13(11,12)6-3-1-2-5(4-6)8(9)10;1-2-4-6-5-3-1;4-1-3-2-5-3;1-3-2;;;;;;;/h10,15H,3-9H2,1-2H3,(H,12,16);3-6H,1-2H3;1-4,8H,5-6H2;8,11H,1-7,9H2;8H,1-7H2;2*1-4H;6H,1-5H2;3-4H,1-2H2;3H,1-2H3;;;;4*1H/i;;;;;;;;;;;;;4*1+2. The minimum atomic E-state index is -3.96. The third kappa shape index (κ3) is 53.6. The van der Waals surface area contributed by atoms with E-state index in [1.165, 1.54) is 205 Å². The van der Waals surface area contributed by atoms with Gasteiger partial charge in [-0.3, -0.25) is 44.6 Å². The first-order valence-electron chi connectivity index (χ1n) is 35.2. The van der Waals surface area contributed by atoms with Crippen molar-refractivity contribution >= 4 is 81.8 Å². The number of ether oxygens (including phenoxy) is 5. The van der Waals surface area contributed by atoms with Crippen LogP contribution in [-0.4, -0.2) is 285 Å². The molecule has 0 saturated carbocycles. The van der Waals surface area contributed by atoms with Crippen molar-refractivity contribution in [3.05, 3.63) is 138 Å². The van der Waals surface area contributed by atoms with E-state index in [9.17, 15) is 81.9 Å². The zero-order chi connectivity index (χ0) is 81.3.